The van der Waals surface area contributed by atoms with Crippen molar-refractivity contribution in [2.75, 3.05) is 7.11 Å². The van der Waals surface area contributed by atoms with E-state index in [1.54, 1.807) is 0 Å². The normalized spacial score (nSPS) is 19.9. The van der Waals surface area contributed by atoms with Gasteiger partial charge < -0.3 is 9.30 Å². The lowest BCUT2D eigenvalue weighted by Gasteiger charge is -2.41. The van der Waals surface area contributed by atoms with E-state index in [0.29, 0.717) is 12.1 Å². The fourth-order valence-electron chi connectivity index (χ4n) is 4.69. The highest BCUT2D eigenvalue weighted by atomic mass is 35.5. The Morgan fingerprint density at radius 3 is 2.96 bits per heavy atom. The van der Waals surface area contributed by atoms with E-state index in [2.05, 4.69) is 17.6 Å². The van der Waals surface area contributed by atoms with Crippen LogP contribution in [0.1, 0.15) is 44.0 Å². The molecule has 4 rings (SSSR count). The summed E-state index contributed by atoms with van der Waals surface area (Å²) in [6, 6.07) is 12.3. The molecule has 0 saturated heterocycles. The first-order chi connectivity index (χ1) is 13.5. The predicted molar refractivity (Wildman–Crippen MR) is 109 cm³/mol. The van der Waals surface area contributed by atoms with Crippen molar-refractivity contribution in [2.24, 2.45) is 0 Å². The van der Waals surface area contributed by atoms with Gasteiger partial charge in [0.15, 0.2) is 0 Å². The number of nitrogens with zero attached hydrogens (tertiary/aromatic N) is 3. The Morgan fingerprint density at radius 2 is 2.25 bits per heavy atom. The average Bonchev–Trinajstić information content (AvgIpc) is 3.10. The zero-order valence-electron chi connectivity index (χ0n) is 16.0. The van der Waals surface area contributed by atoms with Crippen LogP contribution in [0.4, 0.5) is 0 Å². The van der Waals surface area contributed by atoms with Gasteiger partial charge in [-0.25, -0.2) is 4.98 Å². The van der Waals surface area contributed by atoms with E-state index < -0.39 is 11.3 Å². The maximum atomic E-state index is 12.1. The van der Waals surface area contributed by atoms with Crippen molar-refractivity contribution >= 4 is 28.5 Å². The van der Waals surface area contributed by atoms with Crippen LogP contribution >= 0.6 is 11.6 Å². The first kappa shape index (κ1) is 18.8. The summed E-state index contributed by atoms with van der Waals surface area (Å²) in [6.45, 7) is 2.88. The summed E-state index contributed by atoms with van der Waals surface area (Å²) in [6.07, 6.45) is 3.10. The highest BCUT2D eigenvalue weighted by molar-refractivity contribution is 6.29. The van der Waals surface area contributed by atoms with Gasteiger partial charge in [-0.05, 0) is 37.8 Å². The summed E-state index contributed by atoms with van der Waals surface area (Å²) < 4.78 is 6.95. The molecule has 1 aromatic carbocycles. The van der Waals surface area contributed by atoms with Crippen molar-refractivity contribution < 1.29 is 9.53 Å². The molecule has 0 aliphatic carbocycles. The topological polar surface area (TPSA) is 67.9 Å². The van der Waals surface area contributed by atoms with Crippen LogP contribution in [-0.2, 0) is 21.5 Å². The van der Waals surface area contributed by atoms with Gasteiger partial charge >= 0.3 is 5.97 Å². The fourth-order valence-corrected chi connectivity index (χ4v) is 5.08. The van der Waals surface area contributed by atoms with Crippen LogP contribution in [0, 0.1) is 11.3 Å². The number of carbonyl (C=O) groups excluding carboxylic acids is 1. The summed E-state index contributed by atoms with van der Waals surface area (Å²) in [5, 5.41) is 10.1. The molecule has 0 saturated carbocycles. The molecular weight excluding hydrogens is 374 g/mol. The van der Waals surface area contributed by atoms with Crippen LogP contribution in [0.5, 0.6) is 0 Å². The van der Waals surface area contributed by atoms with E-state index in [9.17, 15) is 10.1 Å². The summed E-state index contributed by atoms with van der Waals surface area (Å²) in [4.78, 5) is 17.0. The third kappa shape index (κ3) is 2.75. The van der Waals surface area contributed by atoms with Gasteiger partial charge in [0, 0.05) is 22.9 Å². The SMILES string of the molecule is CC[C@@]1(C[C@H](Cl)C(=O)OC)CCCn2c(C#N)cc3c4ccccc4nc-3c21. The smallest absolute Gasteiger partial charge is 0.323 e. The van der Waals surface area contributed by atoms with Gasteiger partial charge in [0.1, 0.15) is 17.1 Å². The highest BCUT2D eigenvalue weighted by Crippen LogP contribution is 2.48. The van der Waals surface area contributed by atoms with Crippen molar-refractivity contribution in [3.05, 3.63) is 41.7 Å². The number of alkyl halides is 1. The van der Waals surface area contributed by atoms with Crippen LogP contribution in [0.15, 0.2) is 30.3 Å². The average molecular weight is 396 g/mol. The van der Waals surface area contributed by atoms with Gasteiger partial charge in [-0.15, -0.1) is 11.6 Å². The summed E-state index contributed by atoms with van der Waals surface area (Å²) >= 11 is 6.43. The number of para-hydroxylation sites is 1. The molecule has 0 spiro atoms. The number of nitriles is 1. The standard InChI is InChI=1S/C22H22ClN3O2/c1-3-22(12-17(23)21(27)28-2)9-6-10-26-14(13-24)11-16-15-7-4-5-8-18(15)25-19(16)20(22)26/h4-5,7-8,11,17H,3,6,9-10,12H2,1-2H3/t17-,22-/m0/s1. The molecule has 0 bridgehead atoms. The Kier molecular flexibility index (Phi) is 4.76. The Hall–Kier alpha value is -2.58. The molecule has 0 aromatic heterocycles. The zero-order chi connectivity index (χ0) is 19.9. The Balaban J connectivity index is 2.00. The van der Waals surface area contributed by atoms with Crippen LogP contribution < -0.4 is 0 Å². The van der Waals surface area contributed by atoms with E-state index in [4.69, 9.17) is 21.3 Å². The van der Waals surface area contributed by atoms with Gasteiger partial charge in [0.25, 0.3) is 0 Å². The van der Waals surface area contributed by atoms with E-state index in [-0.39, 0.29) is 5.41 Å². The number of ether oxygens (including phenoxy) is 1. The number of hydrogen-bond acceptors (Lipinski definition) is 4. The number of esters is 1. The monoisotopic (exact) mass is 395 g/mol. The first-order valence-corrected chi connectivity index (χ1v) is 10.0. The minimum absolute atomic E-state index is 0.332. The summed E-state index contributed by atoms with van der Waals surface area (Å²) in [7, 11) is 1.36. The molecule has 0 N–H and O–H groups in total. The van der Waals surface area contributed by atoms with Crippen LogP contribution in [0.2, 0.25) is 0 Å². The van der Waals surface area contributed by atoms with Crippen molar-refractivity contribution in [1.29, 1.82) is 5.26 Å². The second-order valence-corrected chi connectivity index (χ2v) is 7.99. The fraction of sp³-hybridized carbons (Fsp3) is 0.409. The first-order valence-electron chi connectivity index (χ1n) is 9.59. The van der Waals surface area contributed by atoms with Gasteiger partial charge in [-0.3, -0.25) is 4.79 Å². The van der Waals surface area contributed by atoms with E-state index >= 15 is 0 Å². The second-order valence-electron chi connectivity index (χ2n) is 7.47. The Bertz CT molecular complexity index is 1070. The van der Waals surface area contributed by atoms with Gasteiger partial charge in [0.2, 0.25) is 0 Å². The van der Waals surface area contributed by atoms with Crippen molar-refractivity contribution in [2.45, 2.75) is 49.9 Å². The van der Waals surface area contributed by atoms with Crippen molar-refractivity contribution in [3.63, 3.8) is 0 Å². The molecule has 6 heteroatoms. The molecule has 3 heterocycles. The number of fused-ring (bicyclic) bond motifs is 5. The van der Waals surface area contributed by atoms with Crippen LogP contribution in [0.25, 0.3) is 22.2 Å². The van der Waals surface area contributed by atoms with Crippen LogP contribution in [-0.4, -0.2) is 28.0 Å². The Labute approximate surface area is 169 Å². The van der Waals surface area contributed by atoms with E-state index in [0.717, 1.165) is 53.7 Å². The van der Waals surface area contributed by atoms with Gasteiger partial charge in [-0.1, -0.05) is 25.1 Å². The third-order valence-electron chi connectivity index (χ3n) is 6.11. The number of halogens is 1. The maximum absolute atomic E-state index is 12.1. The molecule has 1 aromatic rings. The molecule has 3 aliphatic heterocycles. The second kappa shape index (κ2) is 7.10. The minimum atomic E-state index is -0.735. The van der Waals surface area contributed by atoms with Crippen molar-refractivity contribution in [3.8, 4) is 17.3 Å². The number of carbonyl (C=O) groups is 1. The predicted octanol–water partition coefficient (Wildman–Crippen LogP) is 4.62. The molecule has 144 valence electrons. The lowest BCUT2D eigenvalue weighted by Crippen LogP contribution is -2.39. The quantitative estimate of drug-likeness (QED) is 0.477. The third-order valence-corrected chi connectivity index (χ3v) is 6.44. The molecule has 0 fully saturated rings. The molecule has 0 radical (unpaired) electrons. The number of pyridine rings is 1. The molecule has 2 atom stereocenters. The number of aromatic nitrogens is 2. The molecule has 0 amide bonds. The molecule has 0 unspecified atom stereocenters. The Morgan fingerprint density at radius 1 is 1.46 bits per heavy atom. The lowest BCUT2D eigenvalue weighted by atomic mass is 9.70. The lowest BCUT2D eigenvalue weighted by molar-refractivity contribution is -0.140. The number of hydrogen-bond donors (Lipinski definition) is 0. The van der Waals surface area contributed by atoms with Gasteiger partial charge in [-0.2, -0.15) is 5.26 Å². The molecular formula is C22H22ClN3O2. The summed E-state index contributed by atoms with van der Waals surface area (Å²) in [5.41, 5.74) is 4.14. The molecule has 5 nitrogen and oxygen atoms in total. The largest absolute Gasteiger partial charge is 0.468 e. The number of rotatable bonds is 4. The van der Waals surface area contributed by atoms with E-state index in [1.165, 1.54) is 7.11 Å². The van der Waals surface area contributed by atoms with Gasteiger partial charge in [0.05, 0.1) is 24.0 Å². The van der Waals surface area contributed by atoms with E-state index in [1.807, 2.05) is 30.3 Å². The molecule has 28 heavy (non-hydrogen) atoms. The number of methoxy groups -OCH3 is 1. The van der Waals surface area contributed by atoms with Crippen LogP contribution in [0.3, 0.4) is 0 Å². The number of benzene rings is 1. The zero-order valence-corrected chi connectivity index (χ0v) is 16.8. The maximum Gasteiger partial charge on any atom is 0.323 e. The minimum Gasteiger partial charge on any atom is -0.468 e. The highest BCUT2D eigenvalue weighted by Gasteiger charge is 2.42. The van der Waals surface area contributed by atoms with Crippen molar-refractivity contribution in [1.82, 2.24) is 9.55 Å². The molecule has 3 aliphatic rings. The summed E-state index contributed by atoms with van der Waals surface area (Å²) in [5.74, 6) is -0.417.